The van der Waals surface area contributed by atoms with E-state index in [-0.39, 0.29) is 17.9 Å². The predicted octanol–water partition coefficient (Wildman–Crippen LogP) is 4.39. The van der Waals surface area contributed by atoms with E-state index in [0.29, 0.717) is 18.0 Å². The van der Waals surface area contributed by atoms with Crippen LogP contribution in [0, 0.1) is 0 Å². The molecule has 0 radical (unpaired) electrons. The van der Waals surface area contributed by atoms with Crippen molar-refractivity contribution in [3.8, 4) is 17.2 Å². The fourth-order valence-corrected chi connectivity index (χ4v) is 2.27. The number of carbonyl (C=O) groups is 2. The van der Waals surface area contributed by atoms with Crippen molar-refractivity contribution < 1.29 is 28.9 Å². The van der Waals surface area contributed by atoms with Crippen LogP contribution in [0.2, 0.25) is 0 Å². The molecule has 7 heteroatoms. The van der Waals surface area contributed by atoms with Crippen LogP contribution in [0.4, 0.5) is 4.79 Å². The van der Waals surface area contributed by atoms with Gasteiger partial charge in [0.25, 0.3) is 0 Å². The fraction of sp³-hybridized carbons (Fsp3) is 0.333. The van der Waals surface area contributed by atoms with Crippen molar-refractivity contribution in [3.05, 3.63) is 53.6 Å². The topological polar surface area (TPSA) is 94.1 Å². The lowest BCUT2D eigenvalue weighted by Crippen LogP contribution is -2.32. The summed E-state index contributed by atoms with van der Waals surface area (Å²) < 4.78 is 15.8. The molecule has 0 aliphatic carbocycles. The maximum Gasteiger partial charge on any atom is 0.407 e. The first-order valence-electron chi connectivity index (χ1n) is 8.91. The van der Waals surface area contributed by atoms with Gasteiger partial charge in [-0.15, -0.1) is 0 Å². The van der Waals surface area contributed by atoms with Crippen LogP contribution in [0.1, 0.15) is 43.6 Å². The lowest BCUT2D eigenvalue weighted by atomic mass is 10.2. The van der Waals surface area contributed by atoms with Gasteiger partial charge < -0.3 is 24.6 Å². The molecule has 1 amide bonds. The molecule has 0 unspecified atom stereocenters. The summed E-state index contributed by atoms with van der Waals surface area (Å²) in [6, 6.07) is 11.2. The Morgan fingerprint density at radius 3 is 2.32 bits per heavy atom. The van der Waals surface area contributed by atoms with Crippen LogP contribution in [-0.2, 0) is 16.0 Å². The Kier molecular flexibility index (Phi) is 6.87. The van der Waals surface area contributed by atoms with Crippen molar-refractivity contribution in [3.63, 3.8) is 0 Å². The van der Waals surface area contributed by atoms with E-state index in [0.717, 1.165) is 5.56 Å². The van der Waals surface area contributed by atoms with Crippen molar-refractivity contribution in [1.82, 2.24) is 5.32 Å². The molecular weight excluding hydrogens is 362 g/mol. The average molecular weight is 387 g/mol. The zero-order chi connectivity index (χ0) is 20.7. The highest BCUT2D eigenvalue weighted by Gasteiger charge is 2.15. The summed E-state index contributed by atoms with van der Waals surface area (Å²) in [5.41, 5.74) is 0.516. The molecule has 2 rings (SSSR count). The first-order valence-corrected chi connectivity index (χ1v) is 8.91. The van der Waals surface area contributed by atoms with Gasteiger partial charge in [-0.1, -0.05) is 12.1 Å². The van der Waals surface area contributed by atoms with E-state index >= 15 is 0 Å². The molecule has 0 heterocycles. The van der Waals surface area contributed by atoms with Crippen molar-refractivity contribution in [2.75, 3.05) is 6.61 Å². The number of hydrogen-bond acceptors (Lipinski definition) is 6. The van der Waals surface area contributed by atoms with Crippen LogP contribution >= 0.6 is 0 Å². The predicted molar refractivity (Wildman–Crippen MR) is 104 cm³/mol. The SMILES string of the molecule is CCOC(=O)c1cc(O)cc(Oc2ccc(CNC(=O)OC(C)(C)C)cc2)c1. The normalized spacial score (nSPS) is 10.9. The van der Waals surface area contributed by atoms with Crippen LogP contribution in [0.5, 0.6) is 17.2 Å². The number of phenolic OH excluding ortho intramolecular Hbond substituents is 1. The molecule has 2 N–H and O–H groups in total. The Balaban J connectivity index is 1.99. The number of aromatic hydroxyl groups is 1. The number of alkyl carbamates (subject to hydrolysis) is 1. The van der Waals surface area contributed by atoms with Gasteiger partial charge in [-0.2, -0.15) is 0 Å². The third-order valence-corrected chi connectivity index (χ3v) is 3.40. The molecular formula is C21H25NO6. The summed E-state index contributed by atoms with van der Waals surface area (Å²) in [5.74, 6) is 0.189. The summed E-state index contributed by atoms with van der Waals surface area (Å²) >= 11 is 0. The number of ether oxygens (including phenoxy) is 3. The first kappa shape index (κ1) is 21.1. The third-order valence-electron chi connectivity index (χ3n) is 3.40. The highest BCUT2D eigenvalue weighted by molar-refractivity contribution is 5.90. The van der Waals surface area contributed by atoms with Gasteiger partial charge in [-0.05, 0) is 57.5 Å². The monoisotopic (exact) mass is 387 g/mol. The van der Waals surface area contributed by atoms with E-state index < -0.39 is 17.7 Å². The van der Waals surface area contributed by atoms with E-state index in [1.165, 1.54) is 18.2 Å². The van der Waals surface area contributed by atoms with Gasteiger partial charge >= 0.3 is 12.1 Å². The second-order valence-corrected chi connectivity index (χ2v) is 7.04. The standard InChI is InChI=1S/C21H25NO6/c1-5-26-19(24)15-10-16(23)12-18(11-15)27-17-8-6-14(7-9-17)13-22-20(25)28-21(2,3)4/h6-12,23H,5,13H2,1-4H3,(H,22,25). The minimum atomic E-state index is -0.550. The molecule has 7 nitrogen and oxygen atoms in total. The second-order valence-electron chi connectivity index (χ2n) is 7.04. The van der Waals surface area contributed by atoms with Crippen molar-refractivity contribution >= 4 is 12.1 Å². The summed E-state index contributed by atoms with van der Waals surface area (Å²) in [4.78, 5) is 23.5. The molecule has 0 spiro atoms. The molecule has 0 bridgehead atoms. The Morgan fingerprint density at radius 1 is 1.04 bits per heavy atom. The summed E-state index contributed by atoms with van der Waals surface area (Å²) in [7, 11) is 0. The lowest BCUT2D eigenvalue weighted by molar-refractivity contribution is 0.0514. The molecule has 0 saturated heterocycles. The number of amides is 1. The van der Waals surface area contributed by atoms with E-state index in [4.69, 9.17) is 14.2 Å². The molecule has 2 aromatic rings. The average Bonchev–Trinajstić information content (AvgIpc) is 2.59. The molecule has 28 heavy (non-hydrogen) atoms. The van der Waals surface area contributed by atoms with Crippen molar-refractivity contribution in [2.24, 2.45) is 0 Å². The summed E-state index contributed by atoms with van der Waals surface area (Å²) in [6.45, 7) is 7.66. The van der Waals surface area contributed by atoms with E-state index in [9.17, 15) is 14.7 Å². The Morgan fingerprint density at radius 2 is 1.71 bits per heavy atom. The lowest BCUT2D eigenvalue weighted by Gasteiger charge is -2.19. The zero-order valence-corrected chi connectivity index (χ0v) is 16.4. The van der Waals surface area contributed by atoms with Gasteiger partial charge in [0.1, 0.15) is 22.8 Å². The fourth-order valence-electron chi connectivity index (χ4n) is 2.27. The molecule has 0 atom stereocenters. The van der Waals surface area contributed by atoms with E-state index in [1.54, 1.807) is 52.0 Å². The van der Waals surface area contributed by atoms with Gasteiger partial charge in [-0.3, -0.25) is 0 Å². The smallest absolute Gasteiger partial charge is 0.407 e. The number of hydrogen-bond donors (Lipinski definition) is 2. The quantitative estimate of drug-likeness (QED) is 0.714. The maximum absolute atomic E-state index is 11.8. The third kappa shape index (κ3) is 6.83. The van der Waals surface area contributed by atoms with Gasteiger partial charge in [0.05, 0.1) is 12.2 Å². The minimum Gasteiger partial charge on any atom is -0.508 e. The molecule has 2 aromatic carbocycles. The summed E-state index contributed by atoms with van der Waals surface area (Å²) in [5, 5.41) is 12.5. The number of phenols is 1. The van der Waals surface area contributed by atoms with Crippen molar-refractivity contribution in [1.29, 1.82) is 0 Å². The van der Waals surface area contributed by atoms with Crippen molar-refractivity contribution in [2.45, 2.75) is 39.8 Å². The number of benzene rings is 2. The van der Waals surface area contributed by atoms with Crippen LogP contribution in [0.3, 0.4) is 0 Å². The highest BCUT2D eigenvalue weighted by atomic mass is 16.6. The van der Waals surface area contributed by atoms with Crippen LogP contribution in [0.15, 0.2) is 42.5 Å². The van der Waals surface area contributed by atoms with Crippen LogP contribution < -0.4 is 10.1 Å². The molecule has 0 aromatic heterocycles. The van der Waals surface area contributed by atoms with Crippen LogP contribution in [-0.4, -0.2) is 29.4 Å². The highest BCUT2D eigenvalue weighted by Crippen LogP contribution is 2.27. The Hall–Kier alpha value is -3.22. The van der Waals surface area contributed by atoms with Gasteiger partial charge in [-0.25, -0.2) is 9.59 Å². The Bertz CT molecular complexity index is 824. The largest absolute Gasteiger partial charge is 0.508 e. The summed E-state index contributed by atoms with van der Waals surface area (Å²) in [6.07, 6.45) is -0.487. The van der Waals surface area contributed by atoms with Crippen LogP contribution in [0.25, 0.3) is 0 Å². The molecule has 0 aliphatic rings. The molecule has 0 fully saturated rings. The second kappa shape index (κ2) is 9.12. The molecule has 0 saturated carbocycles. The Labute approximate surface area is 164 Å². The van der Waals surface area contributed by atoms with Gasteiger partial charge in [0.2, 0.25) is 0 Å². The first-order chi connectivity index (χ1) is 13.2. The number of rotatable bonds is 6. The van der Waals surface area contributed by atoms with Gasteiger partial charge in [0, 0.05) is 12.6 Å². The maximum atomic E-state index is 11.8. The number of nitrogens with one attached hydrogen (secondary N) is 1. The number of esters is 1. The molecule has 150 valence electrons. The minimum absolute atomic E-state index is 0.0984. The molecule has 0 aliphatic heterocycles. The van der Waals surface area contributed by atoms with E-state index in [2.05, 4.69) is 5.32 Å². The number of carbonyl (C=O) groups excluding carboxylic acids is 2. The zero-order valence-electron chi connectivity index (χ0n) is 16.4. The van der Waals surface area contributed by atoms with Gasteiger partial charge in [0.15, 0.2) is 0 Å². The van der Waals surface area contributed by atoms with E-state index in [1.807, 2.05) is 0 Å².